The molecule has 26 heavy (non-hydrogen) atoms. The van der Waals surface area contributed by atoms with Crippen molar-refractivity contribution in [3.05, 3.63) is 64.5 Å². The Bertz CT molecular complexity index is 1170. The Morgan fingerprint density at radius 3 is 2.58 bits per heavy atom. The fraction of sp³-hybridized carbons (Fsp3) is 0.0588. The molecule has 2 N–H and O–H groups in total. The van der Waals surface area contributed by atoms with Gasteiger partial charge in [-0.1, -0.05) is 12.1 Å². The number of carboxylic acid groups (broad SMARTS) is 1. The highest BCUT2D eigenvalue weighted by Gasteiger charge is 2.17. The molecule has 0 radical (unpaired) electrons. The number of fused-ring (bicyclic) bond motifs is 1. The van der Waals surface area contributed by atoms with Crippen LogP contribution in [0, 0.1) is 0 Å². The molecule has 3 aromatic rings. The molecule has 2 aromatic carbocycles. The normalized spacial score (nSPS) is 11.3. The van der Waals surface area contributed by atoms with Crippen LogP contribution in [0.2, 0.25) is 0 Å². The average molecular weight is 375 g/mol. The molecule has 0 aliphatic rings. The highest BCUT2D eigenvalue weighted by atomic mass is 32.2. The van der Waals surface area contributed by atoms with Crippen LogP contribution in [0.3, 0.4) is 0 Å². The first-order valence-corrected chi connectivity index (χ1v) is 9.17. The highest BCUT2D eigenvalue weighted by Crippen LogP contribution is 2.34. The quantitative estimate of drug-likeness (QED) is 0.703. The predicted octanol–water partition coefficient (Wildman–Crippen LogP) is 2.66. The van der Waals surface area contributed by atoms with E-state index in [0.717, 1.165) is 6.26 Å². The summed E-state index contributed by atoms with van der Waals surface area (Å²) in [5.74, 6) is -1.25. The Morgan fingerprint density at radius 2 is 1.88 bits per heavy atom. The summed E-state index contributed by atoms with van der Waals surface area (Å²) in [6.45, 7) is 0. The number of para-hydroxylation sites is 1. The molecule has 0 unspecified atom stereocenters. The monoisotopic (exact) mass is 375 g/mol. The van der Waals surface area contributed by atoms with E-state index in [1.807, 2.05) is 0 Å². The van der Waals surface area contributed by atoms with E-state index in [2.05, 4.69) is 4.72 Å². The summed E-state index contributed by atoms with van der Waals surface area (Å²) in [5, 5.41) is 9.42. The van der Waals surface area contributed by atoms with Crippen molar-refractivity contribution in [2.24, 2.45) is 0 Å². The van der Waals surface area contributed by atoms with Gasteiger partial charge in [0, 0.05) is 12.1 Å². The van der Waals surface area contributed by atoms with Gasteiger partial charge in [0.2, 0.25) is 10.0 Å². The summed E-state index contributed by atoms with van der Waals surface area (Å²) in [7, 11) is -3.66. The Labute approximate surface area is 147 Å². The molecule has 0 bridgehead atoms. The molecule has 1 heterocycles. The van der Waals surface area contributed by atoms with Crippen LogP contribution in [0.4, 0.5) is 5.69 Å². The van der Waals surface area contributed by atoms with Crippen molar-refractivity contribution >= 4 is 32.6 Å². The highest BCUT2D eigenvalue weighted by molar-refractivity contribution is 7.92. The number of carboxylic acids is 1. The summed E-state index contributed by atoms with van der Waals surface area (Å²) in [6, 6.07) is 9.68. The second-order valence-electron chi connectivity index (χ2n) is 5.41. The van der Waals surface area contributed by atoms with Gasteiger partial charge in [-0.15, -0.1) is 0 Å². The van der Waals surface area contributed by atoms with Crippen molar-refractivity contribution < 1.29 is 27.5 Å². The molecule has 0 spiro atoms. The van der Waals surface area contributed by atoms with E-state index in [0.29, 0.717) is 0 Å². The SMILES string of the molecule is CS(=O)(=O)Nc1cc2occc(=O)c2cc1Oc1ccccc1C(=O)O. The zero-order valence-electron chi connectivity index (χ0n) is 13.4. The maximum Gasteiger partial charge on any atom is 0.339 e. The number of ether oxygens (including phenoxy) is 1. The number of aromatic carboxylic acids is 1. The number of anilines is 1. The van der Waals surface area contributed by atoms with Gasteiger partial charge in [-0.25, -0.2) is 13.2 Å². The molecular weight excluding hydrogens is 362 g/mol. The molecule has 0 saturated carbocycles. The molecule has 0 fully saturated rings. The summed E-state index contributed by atoms with van der Waals surface area (Å²) in [6.07, 6.45) is 2.14. The molecule has 3 rings (SSSR count). The summed E-state index contributed by atoms with van der Waals surface area (Å²) in [4.78, 5) is 23.3. The Hall–Kier alpha value is -3.33. The third kappa shape index (κ3) is 3.67. The van der Waals surface area contributed by atoms with E-state index in [4.69, 9.17) is 9.15 Å². The molecule has 9 heteroatoms. The number of carbonyl (C=O) groups is 1. The Balaban J connectivity index is 2.20. The third-order valence-electron chi connectivity index (χ3n) is 3.39. The predicted molar refractivity (Wildman–Crippen MR) is 94.4 cm³/mol. The van der Waals surface area contributed by atoms with Crippen LogP contribution in [-0.4, -0.2) is 25.7 Å². The van der Waals surface area contributed by atoms with Crippen LogP contribution in [-0.2, 0) is 10.0 Å². The largest absolute Gasteiger partial charge is 0.478 e. The van der Waals surface area contributed by atoms with Gasteiger partial charge >= 0.3 is 5.97 Å². The van der Waals surface area contributed by atoms with Crippen molar-refractivity contribution in [1.29, 1.82) is 0 Å². The number of sulfonamides is 1. The third-order valence-corrected chi connectivity index (χ3v) is 3.99. The van der Waals surface area contributed by atoms with E-state index < -0.39 is 16.0 Å². The van der Waals surface area contributed by atoms with Crippen LogP contribution in [0.1, 0.15) is 10.4 Å². The van der Waals surface area contributed by atoms with Gasteiger partial charge in [0.15, 0.2) is 11.2 Å². The first-order chi connectivity index (χ1) is 12.2. The molecule has 8 nitrogen and oxygen atoms in total. The Kier molecular flexibility index (Phi) is 4.39. The van der Waals surface area contributed by atoms with Crippen molar-refractivity contribution in [3.63, 3.8) is 0 Å². The maximum absolute atomic E-state index is 12.0. The maximum atomic E-state index is 12.0. The Morgan fingerprint density at radius 1 is 1.15 bits per heavy atom. The molecule has 0 atom stereocenters. The molecule has 0 aliphatic heterocycles. The standard InChI is InChI=1S/C17H13NO7S/c1-26(22,23)18-12-9-15-11(13(19)6-7-24-15)8-16(12)25-14-5-3-2-4-10(14)17(20)21/h2-9,18H,1H3,(H,20,21). The zero-order valence-corrected chi connectivity index (χ0v) is 14.2. The van der Waals surface area contributed by atoms with Gasteiger partial charge in [0.05, 0.1) is 23.6 Å². The van der Waals surface area contributed by atoms with Crippen molar-refractivity contribution in [1.82, 2.24) is 0 Å². The number of nitrogens with one attached hydrogen (secondary N) is 1. The van der Waals surface area contributed by atoms with Crippen LogP contribution >= 0.6 is 0 Å². The van der Waals surface area contributed by atoms with E-state index in [1.165, 1.54) is 42.7 Å². The van der Waals surface area contributed by atoms with E-state index in [1.54, 1.807) is 6.07 Å². The molecular formula is C17H13NO7S. The van der Waals surface area contributed by atoms with Crippen LogP contribution < -0.4 is 14.9 Å². The van der Waals surface area contributed by atoms with Gasteiger partial charge in [-0.2, -0.15) is 0 Å². The van der Waals surface area contributed by atoms with Gasteiger partial charge in [0.25, 0.3) is 0 Å². The first kappa shape index (κ1) is 17.5. The van der Waals surface area contributed by atoms with Crippen molar-refractivity contribution in [3.8, 4) is 11.5 Å². The van der Waals surface area contributed by atoms with E-state index in [-0.39, 0.29) is 39.1 Å². The smallest absolute Gasteiger partial charge is 0.339 e. The fourth-order valence-corrected chi connectivity index (χ4v) is 2.88. The molecule has 0 aliphatic carbocycles. The number of rotatable bonds is 5. The van der Waals surface area contributed by atoms with E-state index >= 15 is 0 Å². The molecule has 0 amide bonds. The minimum absolute atomic E-state index is 0.00350. The molecule has 134 valence electrons. The lowest BCUT2D eigenvalue weighted by molar-refractivity contribution is 0.0694. The molecule has 0 saturated heterocycles. The van der Waals surface area contributed by atoms with E-state index in [9.17, 15) is 23.1 Å². The first-order valence-electron chi connectivity index (χ1n) is 7.28. The average Bonchev–Trinajstić information content (AvgIpc) is 2.55. The van der Waals surface area contributed by atoms with Gasteiger partial charge in [-0.05, 0) is 18.2 Å². The summed E-state index contributed by atoms with van der Waals surface area (Å²) >= 11 is 0. The molecule has 1 aromatic heterocycles. The number of hydrogen-bond acceptors (Lipinski definition) is 6. The number of hydrogen-bond donors (Lipinski definition) is 2. The summed E-state index contributed by atoms with van der Waals surface area (Å²) < 4.78 is 36.4. The summed E-state index contributed by atoms with van der Waals surface area (Å²) in [5.41, 5.74) is -0.302. The van der Waals surface area contributed by atoms with Gasteiger partial charge in [0.1, 0.15) is 16.9 Å². The van der Waals surface area contributed by atoms with Crippen molar-refractivity contribution in [2.75, 3.05) is 11.0 Å². The fourth-order valence-electron chi connectivity index (χ4n) is 2.32. The lowest BCUT2D eigenvalue weighted by Crippen LogP contribution is -2.11. The van der Waals surface area contributed by atoms with Crippen LogP contribution in [0.15, 0.2) is 57.9 Å². The van der Waals surface area contributed by atoms with Crippen LogP contribution in [0.25, 0.3) is 11.0 Å². The minimum Gasteiger partial charge on any atom is -0.478 e. The minimum atomic E-state index is -3.66. The zero-order chi connectivity index (χ0) is 18.9. The second kappa shape index (κ2) is 6.52. The van der Waals surface area contributed by atoms with Gasteiger partial charge in [-0.3, -0.25) is 9.52 Å². The topological polar surface area (TPSA) is 123 Å². The van der Waals surface area contributed by atoms with Crippen LogP contribution in [0.5, 0.6) is 11.5 Å². The lowest BCUT2D eigenvalue weighted by atomic mass is 10.2. The lowest BCUT2D eigenvalue weighted by Gasteiger charge is -2.14. The van der Waals surface area contributed by atoms with Crippen molar-refractivity contribution in [2.45, 2.75) is 0 Å². The second-order valence-corrected chi connectivity index (χ2v) is 7.16. The number of benzene rings is 2. The van der Waals surface area contributed by atoms with Gasteiger partial charge < -0.3 is 14.3 Å².